The lowest BCUT2D eigenvalue weighted by atomic mass is 10.1. The van der Waals surface area contributed by atoms with Crippen LogP contribution < -0.4 is 9.47 Å². The Balaban J connectivity index is 1.36. The summed E-state index contributed by atoms with van der Waals surface area (Å²) in [7, 11) is -0.503. The highest BCUT2D eigenvalue weighted by molar-refractivity contribution is 9.10. The van der Waals surface area contributed by atoms with Crippen molar-refractivity contribution in [1.82, 2.24) is 14.1 Å². The predicted molar refractivity (Wildman–Crippen MR) is 138 cm³/mol. The van der Waals surface area contributed by atoms with Gasteiger partial charge in [0.2, 0.25) is 21.8 Å². The number of imide groups is 1. The zero-order valence-electron chi connectivity index (χ0n) is 20.6. The van der Waals surface area contributed by atoms with Gasteiger partial charge in [-0.25, -0.2) is 8.42 Å². The number of benzene rings is 2. The molecule has 2 amide bonds. The molecule has 2 saturated heterocycles. The van der Waals surface area contributed by atoms with E-state index in [1.807, 2.05) is 24.0 Å². The number of methoxy groups -OCH3 is 2. The molecule has 0 saturated carbocycles. The summed E-state index contributed by atoms with van der Waals surface area (Å²) in [4.78, 5) is 29.3. The lowest BCUT2D eigenvalue weighted by molar-refractivity contribution is -0.139. The van der Waals surface area contributed by atoms with Crippen LogP contribution in [0.4, 0.5) is 0 Å². The average Bonchev–Trinajstić information content (AvgIpc) is 3.17. The molecule has 0 aromatic heterocycles. The maximum absolute atomic E-state index is 13.1. The van der Waals surface area contributed by atoms with Crippen LogP contribution in [0.5, 0.6) is 11.5 Å². The van der Waals surface area contributed by atoms with Crippen LogP contribution >= 0.6 is 15.9 Å². The number of carbonyl (C=O) groups is 2. The van der Waals surface area contributed by atoms with E-state index < -0.39 is 16.1 Å². The van der Waals surface area contributed by atoms with Crippen LogP contribution in [-0.4, -0.2) is 87.3 Å². The summed E-state index contributed by atoms with van der Waals surface area (Å²) in [6, 6.07) is 9.95. The minimum absolute atomic E-state index is 0.115. The minimum atomic E-state index is -3.63. The van der Waals surface area contributed by atoms with E-state index in [1.54, 1.807) is 38.5 Å². The number of piperazine rings is 1. The average molecular weight is 581 g/mol. The number of hydrogen-bond acceptors (Lipinski definition) is 7. The SMILES string of the molecule is COc1ccc(CCN2C(=O)CC(N3CCN(S(=O)(=O)c4ccc(Br)c(C)c4)CC3)C2=O)cc1OC. The maximum atomic E-state index is 13.1. The molecule has 2 aromatic rings. The first-order valence-corrected chi connectivity index (χ1v) is 13.9. The molecule has 2 aromatic carbocycles. The Hall–Kier alpha value is -2.47. The molecule has 11 heteroatoms. The number of likely N-dealkylation sites (tertiary alicyclic amines) is 1. The maximum Gasteiger partial charge on any atom is 0.247 e. The summed E-state index contributed by atoms with van der Waals surface area (Å²) in [6.45, 7) is 3.44. The van der Waals surface area contributed by atoms with E-state index in [0.29, 0.717) is 31.0 Å². The quantitative estimate of drug-likeness (QED) is 0.443. The van der Waals surface area contributed by atoms with Gasteiger partial charge in [-0.3, -0.25) is 19.4 Å². The van der Waals surface area contributed by atoms with Crippen LogP contribution in [0, 0.1) is 6.92 Å². The van der Waals surface area contributed by atoms with E-state index in [4.69, 9.17) is 9.47 Å². The number of hydrogen-bond donors (Lipinski definition) is 0. The molecule has 2 heterocycles. The summed E-state index contributed by atoms with van der Waals surface area (Å²) in [5.74, 6) is 0.787. The van der Waals surface area contributed by atoms with Crippen molar-refractivity contribution in [2.24, 2.45) is 0 Å². The van der Waals surface area contributed by atoms with Crippen LogP contribution in [0.3, 0.4) is 0 Å². The number of carbonyl (C=O) groups excluding carboxylic acids is 2. The lowest BCUT2D eigenvalue weighted by Gasteiger charge is -2.36. The van der Waals surface area contributed by atoms with E-state index in [1.165, 1.54) is 9.21 Å². The molecule has 2 aliphatic heterocycles. The number of ether oxygens (including phenoxy) is 2. The molecule has 0 N–H and O–H groups in total. The molecule has 9 nitrogen and oxygen atoms in total. The van der Waals surface area contributed by atoms with E-state index in [-0.39, 0.29) is 42.8 Å². The van der Waals surface area contributed by atoms with Gasteiger partial charge in [-0.1, -0.05) is 22.0 Å². The second-order valence-electron chi connectivity index (χ2n) is 8.89. The van der Waals surface area contributed by atoms with Crippen LogP contribution in [0.2, 0.25) is 0 Å². The van der Waals surface area contributed by atoms with Gasteiger partial charge in [0.1, 0.15) is 0 Å². The molecule has 2 aliphatic rings. The first-order chi connectivity index (χ1) is 17.1. The van der Waals surface area contributed by atoms with E-state index in [0.717, 1.165) is 15.6 Å². The number of halogens is 1. The number of amides is 2. The Labute approximate surface area is 220 Å². The number of aryl methyl sites for hydroxylation is 1. The number of rotatable bonds is 8. The Kier molecular flexibility index (Phi) is 8.03. The molecule has 4 rings (SSSR count). The third-order valence-corrected chi connectivity index (χ3v) is 9.56. The van der Waals surface area contributed by atoms with Gasteiger partial charge in [0.25, 0.3) is 0 Å². The van der Waals surface area contributed by atoms with Crippen molar-refractivity contribution in [1.29, 1.82) is 0 Å². The third kappa shape index (κ3) is 5.29. The van der Waals surface area contributed by atoms with E-state index >= 15 is 0 Å². The fourth-order valence-corrected chi connectivity index (χ4v) is 6.40. The summed E-state index contributed by atoms with van der Waals surface area (Å²) in [5.41, 5.74) is 1.77. The van der Waals surface area contributed by atoms with Crippen LogP contribution in [0.1, 0.15) is 17.5 Å². The van der Waals surface area contributed by atoms with Crippen molar-refractivity contribution >= 4 is 37.8 Å². The summed E-state index contributed by atoms with van der Waals surface area (Å²) in [6.07, 6.45) is 0.618. The van der Waals surface area contributed by atoms with Gasteiger partial charge in [0.05, 0.1) is 31.6 Å². The Bertz CT molecular complexity index is 1260. The zero-order chi connectivity index (χ0) is 26.0. The molecule has 0 radical (unpaired) electrons. The van der Waals surface area contributed by atoms with Gasteiger partial charge < -0.3 is 9.47 Å². The van der Waals surface area contributed by atoms with Crippen LogP contribution in [0.15, 0.2) is 45.8 Å². The smallest absolute Gasteiger partial charge is 0.247 e. The Morgan fingerprint density at radius 1 is 0.972 bits per heavy atom. The van der Waals surface area contributed by atoms with Gasteiger partial charge in [0, 0.05) is 37.2 Å². The molecule has 36 heavy (non-hydrogen) atoms. The molecule has 2 fully saturated rings. The standard InChI is InChI=1S/C25H30BrN3O6S/c1-17-14-19(5-6-20(17)26)36(32,33)28-12-10-27(11-13-28)21-16-24(30)29(25(21)31)9-8-18-4-7-22(34-2)23(15-18)35-3/h4-7,14-15,21H,8-13,16H2,1-3H3. The van der Waals surface area contributed by atoms with E-state index in [2.05, 4.69) is 15.9 Å². The van der Waals surface area contributed by atoms with Crippen molar-refractivity contribution in [3.8, 4) is 11.5 Å². The van der Waals surface area contributed by atoms with Crippen molar-refractivity contribution in [2.75, 3.05) is 46.9 Å². The van der Waals surface area contributed by atoms with Crippen molar-refractivity contribution in [3.05, 3.63) is 52.0 Å². The van der Waals surface area contributed by atoms with Crippen molar-refractivity contribution in [3.63, 3.8) is 0 Å². The van der Waals surface area contributed by atoms with Gasteiger partial charge >= 0.3 is 0 Å². The van der Waals surface area contributed by atoms with Crippen LogP contribution in [0.25, 0.3) is 0 Å². The van der Waals surface area contributed by atoms with Gasteiger partial charge in [0.15, 0.2) is 11.5 Å². The fourth-order valence-electron chi connectivity index (χ4n) is 4.65. The Morgan fingerprint density at radius 2 is 1.67 bits per heavy atom. The second-order valence-corrected chi connectivity index (χ2v) is 11.7. The van der Waals surface area contributed by atoms with Gasteiger partial charge in [-0.05, 0) is 54.8 Å². The summed E-state index contributed by atoms with van der Waals surface area (Å²) >= 11 is 3.40. The second kappa shape index (κ2) is 10.9. The van der Waals surface area contributed by atoms with Crippen molar-refractivity contribution in [2.45, 2.75) is 30.7 Å². The molecule has 0 aliphatic carbocycles. The monoisotopic (exact) mass is 579 g/mol. The first-order valence-electron chi connectivity index (χ1n) is 11.7. The van der Waals surface area contributed by atoms with E-state index in [9.17, 15) is 18.0 Å². The highest BCUT2D eigenvalue weighted by Crippen LogP contribution is 2.29. The molecule has 0 spiro atoms. The summed E-state index contributed by atoms with van der Waals surface area (Å²) in [5, 5.41) is 0. The highest BCUT2D eigenvalue weighted by Gasteiger charge is 2.43. The highest BCUT2D eigenvalue weighted by atomic mass is 79.9. The fraction of sp³-hybridized carbons (Fsp3) is 0.440. The third-order valence-electron chi connectivity index (χ3n) is 6.77. The molecule has 194 valence electrons. The molecular formula is C25H30BrN3O6S. The molecular weight excluding hydrogens is 550 g/mol. The molecule has 0 bridgehead atoms. The van der Waals surface area contributed by atoms with Gasteiger partial charge in [-0.15, -0.1) is 0 Å². The molecule has 1 atom stereocenters. The number of sulfonamides is 1. The Morgan fingerprint density at radius 3 is 2.31 bits per heavy atom. The van der Waals surface area contributed by atoms with Gasteiger partial charge in [-0.2, -0.15) is 4.31 Å². The molecule has 1 unspecified atom stereocenters. The summed E-state index contributed by atoms with van der Waals surface area (Å²) < 4.78 is 39.1. The lowest BCUT2D eigenvalue weighted by Crippen LogP contribution is -2.53. The largest absolute Gasteiger partial charge is 0.493 e. The zero-order valence-corrected chi connectivity index (χ0v) is 23.0. The number of nitrogens with zero attached hydrogens (tertiary/aromatic N) is 3. The topological polar surface area (TPSA) is 96.5 Å². The predicted octanol–water partition coefficient (Wildman–Crippen LogP) is 2.45. The van der Waals surface area contributed by atoms with Crippen molar-refractivity contribution < 1.29 is 27.5 Å². The first kappa shape index (κ1) is 26.6. The normalized spacial score (nSPS) is 19.7. The minimum Gasteiger partial charge on any atom is -0.493 e. The van der Waals surface area contributed by atoms with Crippen LogP contribution in [-0.2, 0) is 26.0 Å².